The number of nitrogens with zero attached hydrogens (tertiary/aromatic N) is 1. The van der Waals surface area contributed by atoms with Crippen LogP contribution in [0.5, 0.6) is 5.75 Å². The van der Waals surface area contributed by atoms with Crippen molar-refractivity contribution < 1.29 is 18.7 Å². The highest BCUT2D eigenvalue weighted by Crippen LogP contribution is 2.27. The second-order valence-electron chi connectivity index (χ2n) is 3.81. The lowest BCUT2D eigenvalue weighted by molar-refractivity contribution is 0.149. The van der Waals surface area contributed by atoms with Crippen molar-refractivity contribution in [1.29, 1.82) is 0 Å². The fraction of sp³-hybridized carbons (Fsp3) is 0.400. The van der Waals surface area contributed by atoms with Crippen LogP contribution in [0.25, 0.3) is 10.9 Å². The van der Waals surface area contributed by atoms with Gasteiger partial charge in [-0.3, -0.25) is 4.57 Å². The maximum Gasteiger partial charge on any atom is 0.418 e. The van der Waals surface area contributed by atoms with Crippen molar-refractivity contribution in [2.75, 3.05) is 13.7 Å². The van der Waals surface area contributed by atoms with Gasteiger partial charge in [0.05, 0.1) is 19.2 Å². The minimum atomic E-state index is -0.503. The van der Waals surface area contributed by atoms with E-state index < -0.39 is 11.9 Å². The van der Waals surface area contributed by atoms with E-state index in [1.165, 1.54) is 30.0 Å². The van der Waals surface area contributed by atoms with Crippen LogP contribution in [-0.2, 0) is 4.74 Å². The molecule has 1 aromatic heterocycles. The van der Waals surface area contributed by atoms with Crippen molar-refractivity contribution in [1.82, 2.24) is 4.57 Å². The molecule has 1 heterocycles. The Hall–Kier alpha value is -2.04. The maximum absolute atomic E-state index is 13.9. The first-order valence-corrected chi connectivity index (χ1v) is 6.69. The standard InChI is InChI=1S/C13H14FNO3.C2H6/c1-3-8-18-13(16)15-7-6-9-10(15)4-5-11(17-2)12(9)14;1-2/h4-7H,3,8H2,1-2H3;1-2H3. The van der Waals surface area contributed by atoms with E-state index in [4.69, 9.17) is 9.47 Å². The lowest BCUT2D eigenvalue weighted by Crippen LogP contribution is -2.12. The van der Waals surface area contributed by atoms with Gasteiger partial charge in [-0.25, -0.2) is 9.18 Å². The molecule has 0 atom stereocenters. The predicted octanol–water partition coefficient (Wildman–Crippen LogP) is 4.21. The Kier molecular flexibility index (Phi) is 6.03. The van der Waals surface area contributed by atoms with Gasteiger partial charge in [-0.1, -0.05) is 20.8 Å². The third kappa shape index (κ3) is 3.10. The Morgan fingerprint density at radius 2 is 2.00 bits per heavy atom. The summed E-state index contributed by atoms with van der Waals surface area (Å²) in [6.07, 6.45) is 1.73. The summed E-state index contributed by atoms with van der Waals surface area (Å²) in [6.45, 7) is 6.25. The molecule has 110 valence electrons. The summed E-state index contributed by atoms with van der Waals surface area (Å²) >= 11 is 0. The maximum atomic E-state index is 13.9. The van der Waals surface area contributed by atoms with Crippen molar-refractivity contribution in [2.24, 2.45) is 0 Å². The molecule has 1 aromatic carbocycles. The number of fused-ring (bicyclic) bond motifs is 1. The number of rotatable bonds is 3. The molecule has 20 heavy (non-hydrogen) atoms. The third-order valence-corrected chi connectivity index (χ3v) is 2.62. The molecule has 5 heteroatoms. The second-order valence-corrected chi connectivity index (χ2v) is 3.81. The lowest BCUT2D eigenvalue weighted by Gasteiger charge is -2.06. The number of aromatic nitrogens is 1. The first-order valence-electron chi connectivity index (χ1n) is 6.69. The lowest BCUT2D eigenvalue weighted by atomic mass is 10.2. The van der Waals surface area contributed by atoms with Gasteiger partial charge in [0.25, 0.3) is 0 Å². The molecule has 2 aromatic rings. The number of benzene rings is 1. The molecule has 0 aliphatic rings. The minimum absolute atomic E-state index is 0.155. The number of hydrogen-bond donors (Lipinski definition) is 0. The zero-order chi connectivity index (χ0) is 15.1. The Bertz CT molecular complexity index is 578. The van der Waals surface area contributed by atoms with E-state index in [1.807, 2.05) is 20.8 Å². The largest absolute Gasteiger partial charge is 0.494 e. The van der Waals surface area contributed by atoms with Gasteiger partial charge in [-0.2, -0.15) is 0 Å². The van der Waals surface area contributed by atoms with E-state index in [2.05, 4.69) is 0 Å². The highest BCUT2D eigenvalue weighted by atomic mass is 19.1. The number of methoxy groups -OCH3 is 1. The minimum Gasteiger partial charge on any atom is -0.494 e. The fourth-order valence-corrected chi connectivity index (χ4v) is 1.74. The van der Waals surface area contributed by atoms with E-state index in [0.29, 0.717) is 17.5 Å². The zero-order valence-corrected chi connectivity index (χ0v) is 12.3. The molecule has 0 bridgehead atoms. The Labute approximate surface area is 118 Å². The number of hydrogen-bond acceptors (Lipinski definition) is 3. The molecule has 0 radical (unpaired) electrons. The van der Waals surface area contributed by atoms with Gasteiger partial charge in [0.1, 0.15) is 0 Å². The number of ether oxygens (including phenoxy) is 2. The fourth-order valence-electron chi connectivity index (χ4n) is 1.74. The molecule has 0 aliphatic heterocycles. The average Bonchev–Trinajstić information content (AvgIpc) is 2.92. The quantitative estimate of drug-likeness (QED) is 0.846. The molecular weight excluding hydrogens is 261 g/mol. The number of carbonyl (C=O) groups excluding carboxylic acids is 1. The van der Waals surface area contributed by atoms with Crippen molar-refractivity contribution in [3.05, 3.63) is 30.2 Å². The Balaban J connectivity index is 0.000000956. The molecular formula is C15H20FNO3. The van der Waals surface area contributed by atoms with E-state index in [-0.39, 0.29) is 5.75 Å². The number of halogens is 1. The zero-order valence-electron chi connectivity index (χ0n) is 12.3. The topological polar surface area (TPSA) is 40.5 Å². The van der Waals surface area contributed by atoms with E-state index in [1.54, 1.807) is 6.07 Å². The monoisotopic (exact) mass is 281 g/mol. The van der Waals surface area contributed by atoms with Crippen LogP contribution >= 0.6 is 0 Å². The summed E-state index contributed by atoms with van der Waals surface area (Å²) in [7, 11) is 1.40. The predicted molar refractivity (Wildman–Crippen MR) is 76.8 cm³/mol. The summed E-state index contributed by atoms with van der Waals surface area (Å²) in [6, 6.07) is 4.64. The Morgan fingerprint density at radius 3 is 2.60 bits per heavy atom. The molecule has 0 saturated heterocycles. The number of carbonyl (C=O) groups is 1. The summed E-state index contributed by atoms with van der Waals surface area (Å²) in [5.41, 5.74) is 0.467. The van der Waals surface area contributed by atoms with Crippen LogP contribution in [0.4, 0.5) is 9.18 Å². The molecule has 2 rings (SSSR count). The molecule has 4 nitrogen and oxygen atoms in total. The average molecular weight is 281 g/mol. The molecule has 0 N–H and O–H groups in total. The van der Waals surface area contributed by atoms with Gasteiger partial charge in [0.2, 0.25) is 0 Å². The van der Waals surface area contributed by atoms with Crippen molar-refractivity contribution >= 4 is 17.0 Å². The summed E-state index contributed by atoms with van der Waals surface area (Å²) in [4.78, 5) is 11.7. The van der Waals surface area contributed by atoms with E-state index in [0.717, 1.165) is 6.42 Å². The van der Waals surface area contributed by atoms with Crippen LogP contribution in [0.2, 0.25) is 0 Å². The summed E-state index contributed by atoms with van der Waals surface area (Å²) in [5.74, 6) is -0.320. The SMILES string of the molecule is CC.CCCOC(=O)n1ccc2c(F)c(OC)ccc21. The van der Waals surface area contributed by atoms with Gasteiger partial charge in [-0.15, -0.1) is 0 Å². The van der Waals surface area contributed by atoms with Crippen LogP contribution < -0.4 is 4.74 Å². The van der Waals surface area contributed by atoms with Gasteiger partial charge in [0, 0.05) is 11.6 Å². The summed E-state index contributed by atoms with van der Waals surface area (Å²) < 4.78 is 25.1. The van der Waals surface area contributed by atoms with Crippen LogP contribution in [0.3, 0.4) is 0 Å². The molecule has 0 aliphatic carbocycles. The van der Waals surface area contributed by atoms with Gasteiger partial charge in [-0.05, 0) is 24.6 Å². The van der Waals surface area contributed by atoms with Crippen LogP contribution in [0, 0.1) is 5.82 Å². The smallest absolute Gasteiger partial charge is 0.418 e. The van der Waals surface area contributed by atoms with Crippen LogP contribution in [-0.4, -0.2) is 24.4 Å². The van der Waals surface area contributed by atoms with Crippen molar-refractivity contribution in [3.8, 4) is 5.75 Å². The highest BCUT2D eigenvalue weighted by Gasteiger charge is 2.14. The molecule has 0 spiro atoms. The molecule has 0 unspecified atom stereocenters. The highest BCUT2D eigenvalue weighted by molar-refractivity contribution is 5.90. The van der Waals surface area contributed by atoms with Gasteiger partial charge in [0.15, 0.2) is 11.6 Å². The Morgan fingerprint density at radius 1 is 1.30 bits per heavy atom. The first-order chi connectivity index (χ1) is 9.69. The molecule has 0 saturated carbocycles. The summed E-state index contributed by atoms with van der Waals surface area (Å²) in [5, 5.41) is 0.336. The van der Waals surface area contributed by atoms with Gasteiger partial charge >= 0.3 is 6.09 Å². The van der Waals surface area contributed by atoms with Crippen LogP contribution in [0.15, 0.2) is 24.4 Å². The van der Waals surface area contributed by atoms with E-state index in [9.17, 15) is 9.18 Å². The first kappa shape index (κ1) is 16.0. The van der Waals surface area contributed by atoms with Crippen molar-refractivity contribution in [2.45, 2.75) is 27.2 Å². The second kappa shape index (κ2) is 7.53. The van der Waals surface area contributed by atoms with Crippen molar-refractivity contribution in [3.63, 3.8) is 0 Å². The van der Waals surface area contributed by atoms with Gasteiger partial charge < -0.3 is 9.47 Å². The van der Waals surface area contributed by atoms with Crippen LogP contribution in [0.1, 0.15) is 27.2 Å². The van der Waals surface area contributed by atoms with E-state index >= 15 is 0 Å². The molecule has 0 fully saturated rings. The third-order valence-electron chi connectivity index (χ3n) is 2.62. The molecule has 0 amide bonds. The normalized spacial score (nSPS) is 9.85.